The number of benzene rings is 2. The maximum absolute atomic E-state index is 14.2. The van der Waals surface area contributed by atoms with Crippen molar-refractivity contribution in [3.8, 4) is 0 Å². The van der Waals surface area contributed by atoms with Crippen LogP contribution < -0.4 is 10.6 Å². The fourth-order valence-electron chi connectivity index (χ4n) is 3.01. The van der Waals surface area contributed by atoms with Crippen molar-refractivity contribution in [1.82, 2.24) is 10.2 Å². The Morgan fingerprint density at radius 2 is 1.79 bits per heavy atom. The lowest BCUT2D eigenvalue weighted by Gasteiger charge is -2.26. The lowest BCUT2D eigenvalue weighted by atomic mass is 10.1. The first-order valence-electron chi connectivity index (χ1n) is 9.19. The van der Waals surface area contributed by atoms with Crippen molar-refractivity contribution in [2.75, 3.05) is 44.7 Å². The van der Waals surface area contributed by atoms with Crippen molar-refractivity contribution in [2.24, 2.45) is 0 Å². The van der Waals surface area contributed by atoms with Crippen LogP contribution >= 0.6 is 34.8 Å². The van der Waals surface area contributed by atoms with Crippen molar-refractivity contribution in [3.05, 3.63) is 56.8 Å². The van der Waals surface area contributed by atoms with Gasteiger partial charge in [0.05, 0.1) is 35.4 Å². The van der Waals surface area contributed by atoms with Gasteiger partial charge in [-0.1, -0.05) is 34.8 Å². The van der Waals surface area contributed by atoms with E-state index in [0.717, 1.165) is 19.6 Å². The monoisotopic (exact) mass is 459 g/mol. The van der Waals surface area contributed by atoms with E-state index >= 15 is 0 Å². The number of rotatable bonds is 7. The van der Waals surface area contributed by atoms with Crippen molar-refractivity contribution >= 4 is 52.1 Å². The molecule has 9 heteroatoms. The van der Waals surface area contributed by atoms with E-state index in [1.54, 1.807) is 24.3 Å². The summed E-state index contributed by atoms with van der Waals surface area (Å²) in [5, 5.41) is 6.99. The quantitative estimate of drug-likeness (QED) is 0.638. The molecule has 0 spiro atoms. The number of amides is 1. The van der Waals surface area contributed by atoms with Gasteiger partial charge < -0.3 is 15.4 Å². The Labute approximate surface area is 184 Å². The molecular formula is C20H21Cl3FN3O2. The second-order valence-corrected chi connectivity index (χ2v) is 7.91. The summed E-state index contributed by atoms with van der Waals surface area (Å²) in [6, 6.07) is 7.54. The van der Waals surface area contributed by atoms with Gasteiger partial charge in [0.2, 0.25) is 5.91 Å². The van der Waals surface area contributed by atoms with E-state index < -0.39 is 5.82 Å². The summed E-state index contributed by atoms with van der Waals surface area (Å²) in [4.78, 5) is 14.4. The number of anilines is 2. The van der Waals surface area contributed by atoms with Gasteiger partial charge in [0, 0.05) is 36.9 Å². The van der Waals surface area contributed by atoms with Gasteiger partial charge in [0.1, 0.15) is 5.82 Å². The normalized spacial score (nSPS) is 14.6. The molecule has 1 aliphatic rings. The van der Waals surface area contributed by atoms with Gasteiger partial charge in [-0.05, 0) is 35.9 Å². The summed E-state index contributed by atoms with van der Waals surface area (Å²) < 4.78 is 19.5. The topological polar surface area (TPSA) is 53.6 Å². The Balaban J connectivity index is 1.59. The van der Waals surface area contributed by atoms with E-state index in [9.17, 15) is 9.18 Å². The highest BCUT2D eigenvalue weighted by molar-refractivity contribution is 6.41. The maximum Gasteiger partial charge on any atom is 0.224 e. The van der Waals surface area contributed by atoms with Gasteiger partial charge in [0.25, 0.3) is 0 Å². The van der Waals surface area contributed by atoms with Crippen LogP contribution in [0.15, 0.2) is 30.3 Å². The molecule has 5 nitrogen and oxygen atoms in total. The number of nitrogens with one attached hydrogen (secondary N) is 2. The Morgan fingerprint density at radius 1 is 1.10 bits per heavy atom. The van der Waals surface area contributed by atoms with Crippen molar-refractivity contribution < 1.29 is 13.9 Å². The Morgan fingerprint density at radius 3 is 2.48 bits per heavy atom. The van der Waals surface area contributed by atoms with Crippen LogP contribution in [0.5, 0.6) is 0 Å². The fourth-order valence-corrected chi connectivity index (χ4v) is 3.92. The van der Waals surface area contributed by atoms with E-state index in [4.69, 9.17) is 39.5 Å². The smallest absolute Gasteiger partial charge is 0.224 e. The highest BCUT2D eigenvalue weighted by Crippen LogP contribution is 2.36. The summed E-state index contributed by atoms with van der Waals surface area (Å²) in [5.41, 5.74) is 1.30. The molecule has 1 aliphatic heterocycles. The second-order valence-electron chi connectivity index (χ2n) is 6.66. The van der Waals surface area contributed by atoms with E-state index in [1.807, 2.05) is 0 Å². The second kappa shape index (κ2) is 10.5. The zero-order chi connectivity index (χ0) is 20.8. The Kier molecular flexibility index (Phi) is 7.98. The maximum atomic E-state index is 14.2. The number of morpholine rings is 1. The lowest BCUT2D eigenvalue weighted by Crippen LogP contribution is -2.41. The molecular weight excluding hydrogens is 440 g/mol. The average molecular weight is 461 g/mol. The summed E-state index contributed by atoms with van der Waals surface area (Å²) in [6.45, 7) is 4.38. The highest BCUT2D eigenvalue weighted by Gasteiger charge is 2.13. The van der Waals surface area contributed by atoms with Crippen LogP contribution in [0, 0.1) is 5.82 Å². The van der Waals surface area contributed by atoms with Gasteiger partial charge in [-0.15, -0.1) is 0 Å². The summed E-state index contributed by atoms with van der Waals surface area (Å²) in [7, 11) is 0. The van der Waals surface area contributed by atoms with Gasteiger partial charge in [-0.25, -0.2) is 4.39 Å². The molecule has 0 atom stereocenters. The SMILES string of the molecule is O=C(Cc1cc(Nc2c(Cl)cc(Cl)cc2Cl)ccc1F)NCCN1CCOCC1. The van der Waals surface area contributed by atoms with E-state index in [1.165, 1.54) is 6.07 Å². The van der Waals surface area contributed by atoms with Crippen molar-refractivity contribution in [1.29, 1.82) is 0 Å². The van der Waals surface area contributed by atoms with E-state index in [-0.39, 0.29) is 17.9 Å². The molecule has 0 saturated carbocycles. The first kappa shape index (κ1) is 22.1. The number of ether oxygens (including phenoxy) is 1. The molecule has 0 aliphatic carbocycles. The van der Waals surface area contributed by atoms with Crippen LogP contribution in [0.25, 0.3) is 0 Å². The lowest BCUT2D eigenvalue weighted by molar-refractivity contribution is -0.120. The summed E-state index contributed by atoms with van der Waals surface area (Å²) >= 11 is 18.3. The minimum Gasteiger partial charge on any atom is -0.379 e. The number of nitrogens with zero attached hydrogens (tertiary/aromatic N) is 1. The molecule has 1 fully saturated rings. The minimum atomic E-state index is -0.452. The standard InChI is InChI=1S/C20H21Cl3FN3O2/c21-14-11-16(22)20(17(23)12-14)26-15-1-2-18(24)13(9-15)10-19(28)25-3-4-27-5-7-29-8-6-27/h1-2,9,11-12,26H,3-8,10H2,(H,25,28). The number of hydrogen-bond acceptors (Lipinski definition) is 4. The zero-order valence-corrected chi connectivity index (χ0v) is 17.9. The van der Waals surface area contributed by atoms with Crippen molar-refractivity contribution in [3.63, 3.8) is 0 Å². The van der Waals surface area contributed by atoms with Gasteiger partial charge in [-0.2, -0.15) is 0 Å². The molecule has 3 rings (SSSR count). The van der Waals surface area contributed by atoms with Crippen LogP contribution in [0.3, 0.4) is 0 Å². The highest BCUT2D eigenvalue weighted by atomic mass is 35.5. The number of halogens is 4. The molecule has 1 saturated heterocycles. The fraction of sp³-hybridized carbons (Fsp3) is 0.350. The third-order valence-electron chi connectivity index (χ3n) is 4.53. The van der Waals surface area contributed by atoms with Gasteiger partial charge in [-0.3, -0.25) is 9.69 Å². The minimum absolute atomic E-state index is 0.0629. The van der Waals surface area contributed by atoms with Gasteiger partial charge >= 0.3 is 0 Å². The Hall–Kier alpha value is -1.57. The average Bonchev–Trinajstić information content (AvgIpc) is 2.68. The molecule has 0 aromatic heterocycles. The van der Waals surface area contributed by atoms with Crippen LogP contribution in [0.4, 0.5) is 15.8 Å². The summed E-state index contributed by atoms with van der Waals surface area (Å²) in [6.07, 6.45) is -0.0629. The molecule has 29 heavy (non-hydrogen) atoms. The predicted molar refractivity (Wildman–Crippen MR) is 115 cm³/mol. The first-order chi connectivity index (χ1) is 13.9. The molecule has 156 valence electrons. The van der Waals surface area contributed by atoms with Crippen LogP contribution in [0.1, 0.15) is 5.56 Å². The van der Waals surface area contributed by atoms with E-state index in [0.29, 0.717) is 46.2 Å². The van der Waals surface area contributed by atoms with Crippen molar-refractivity contribution in [2.45, 2.75) is 6.42 Å². The van der Waals surface area contributed by atoms with Crippen LogP contribution in [0.2, 0.25) is 15.1 Å². The molecule has 0 unspecified atom stereocenters. The first-order valence-corrected chi connectivity index (χ1v) is 10.3. The molecule has 1 heterocycles. The summed E-state index contributed by atoms with van der Waals surface area (Å²) in [5.74, 6) is -0.691. The molecule has 0 radical (unpaired) electrons. The molecule has 0 bridgehead atoms. The predicted octanol–water partition coefficient (Wildman–Crippen LogP) is 4.52. The number of carbonyl (C=O) groups excluding carboxylic acids is 1. The Bertz CT molecular complexity index is 853. The van der Waals surface area contributed by atoms with Crippen LogP contribution in [-0.2, 0) is 16.0 Å². The zero-order valence-electron chi connectivity index (χ0n) is 15.6. The van der Waals surface area contributed by atoms with E-state index in [2.05, 4.69) is 15.5 Å². The number of hydrogen-bond donors (Lipinski definition) is 2. The van der Waals surface area contributed by atoms with Gasteiger partial charge in [0.15, 0.2) is 0 Å². The molecule has 2 N–H and O–H groups in total. The third-order valence-corrected chi connectivity index (χ3v) is 5.34. The third kappa shape index (κ3) is 6.46. The molecule has 1 amide bonds. The number of carbonyl (C=O) groups is 1. The largest absolute Gasteiger partial charge is 0.379 e. The van der Waals surface area contributed by atoms with Crippen LogP contribution in [-0.4, -0.2) is 50.2 Å². The molecule has 2 aromatic rings. The molecule has 2 aromatic carbocycles.